The summed E-state index contributed by atoms with van der Waals surface area (Å²) in [6, 6.07) is 4.32. The number of furan rings is 1. The molecule has 2 aromatic heterocycles. The molecule has 0 unspecified atom stereocenters. The summed E-state index contributed by atoms with van der Waals surface area (Å²) < 4.78 is 68.6. The summed E-state index contributed by atoms with van der Waals surface area (Å²) in [5.74, 6) is -5.51. The molecule has 0 aromatic carbocycles. The van der Waals surface area contributed by atoms with E-state index >= 15 is 0 Å². The first-order chi connectivity index (χ1) is 15.7. The van der Waals surface area contributed by atoms with Crippen LogP contribution in [0.15, 0.2) is 39.8 Å². The lowest BCUT2D eigenvalue weighted by Crippen LogP contribution is -2.56. The van der Waals surface area contributed by atoms with Crippen molar-refractivity contribution in [3.05, 3.63) is 46.5 Å². The van der Waals surface area contributed by atoms with E-state index in [1.165, 1.54) is 43.7 Å². The second-order valence-electron chi connectivity index (χ2n) is 7.97. The smallest absolute Gasteiger partial charge is 0.475 e. The standard InChI is InChI=1S/C16H20N2OS.2C2HF3O2/c1-5-19-9-14(1)7-18-12-16(13-18)3-4-17(11-16)8-15-2-6-20-10-15;2*3-2(4,5)1(6)7/h1-2,5-6,9-10H,3-4,7-8,11-13H2;2*(H,6,7). The van der Waals surface area contributed by atoms with Gasteiger partial charge in [-0.05, 0) is 41.4 Å². The molecule has 2 aliphatic rings. The SMILES string of the molecule is O=C(O)C(F)(F)F.O=C(O)C(F)(F)F.c1cc(CN2CC3(CCN(Cc4ccsc4)C3)C2)co1. The fourth-order valence-electron chi connectivity index (χ4n) is 3.72. The van der Waals surface area contributed by atoms with Crippen molar-refractivity contribution >= 4 is 23.3 Å². The summed E-state index contributed by atoms with van der Waals surface area (Å²) in [5.41, 5.74) is 3.34. The van der Waals surface area contributed by atoms with Crippen LogP contribution in [0.4, 0.5) is 26.3 Å². The van der Waals surface area contributed by atoms with E-state index in [0.29, 0.717) is 5.41 Å². The van der Waals surface area contributed by atoms with Crippen LogP contribution in [0.2, 0.25) is 0 Å². The van der Waals surface area contributed by atoms with E-state index in [2.05, 4.69) is 32.7 Å². The van der Waals surface area contributed by atoms with Crippen LogP contribution in [0, 0.1) is 5.41 Å². The molecule has 0 radical (unpaired) electrons. The topological polar surface area (TPSA) is 94.2 Å². The highest BCUT2D eigenvalue weighted by Crippen LogP contribution is 2.40. The zero-order valence-electron chi connectivity index (χ0n) is 17.6. The van der Waals surface area contributed by atoms with E-state index in [1.807, 2.05) is 6.26 Å². The van der Waals surface area contributed by atoms with Crippen LogP contribution < -0.4 is 0 Å². The number of likely N-dealkylation sites (tertiary alicyclic amines) is 2. The van der Waals surface area contributed by atoms with Crippen LogP contribution in [0.3, 0.4) is 0 Å². The van der Waals surface area contributed by atoms with Gasteiger partial charge >= 0.3 is 24.3 Å². The minimum Gasteiger partial charge on any atom is -0.475 e. The number of rotatable bonds is 4. The van der Waals surface area contributed by atoms with Crippen LogP contribution in [0.25, 0.3) is 0 Å². The quantitative estimate of drug-likeness (QED) is 0.585. The molecule has 2 aliphatic heterocycles. The summed E-state index contributed by atoms with van der Waals surface area (Å²) >= 11 is 1.80. The first-order valence-corrected chi connectivity index (χ1v) is 10.7. The highest BCUT2D eigenvalue weighted by Gasteiger charge is 2.47. The van der Waals surface area contributed by atoms with Gasteiger partial charge in [0.1, 0.15) is 0 Å². The Hall–Kier alpha value is -2.58. The minimum absolute atomic E-state index is 0.569. The number of nitrogens with zero attached hydrogens (tertiary/aromatic N) is 2. The Labute approximate surface area is 194 Å². The summed E-state index contributed by atoms with van der Waals surface area (Å²) in [5, 5.41) is 18.7. The van der Waals surface area contributed by atoms with E-state index in [1.54, 1.807) is 17.6 Å². The largest absolute Gasteiger partial charge is 0.490 e. The third-order valence-corrected chi connectivity index (χ3v) is 5.83. The Balaban J connectivity index is 0.000000244. The van der Waals surface area contributed by atoms with Gasteiger partial charge in [0.2, 0.25) is 0 Å². The molecule has 2 fully saturated rings. The minimum atomic E-state index is -5.08. The summed E-state index contributed by atoms with van der Waals surface area (Å²) in [6.07, 6.45) is -5.18. The van der Waals surface area contributed by atoms with Crippen LogP contribution in [0.5, 0.6) is 0 Å². The number of halogens is 6. The fourth-order valence-corrected chi connectivity index (χ4v) is 4.38. The molecule has 0 atom stereocenters. The van der Waals surface area contributed by atoms with Gasteiger partial charge in [0.25, 0.3) is 0 Å². The van der Waals surface area contributed by atoms with Gasteiger partial charge in [-0.2, -0.15) is 37.7 Å². The van der Waals surface area contributed by atoms with Crippen LogP contribution in [-0.2, 0) is 22.7 Å². The summed E-state index contributed by atoms with van der Waals surface area (Å²) in [7, 11) is 0. The van der Waals surface area contributed by atoms with Crippen molar-refractivity contribution in [1.82, 2.24) is 9.80 Å². The zero-order valence-corrected chi connectivity index (χ0v) is 18.4. The number of thiophene rings is 1. The normalized spacial score (nSPS) is 17.8. The molecule has 0 amide bonds. The lowest BCUT2D eigenvalue weighted by molar-refractivity contribution is -0.193. The number of hydrogen-bond acceptors (Lipinski definition) is 6. The van der Waals surface area contributed by atoms with Gasteiger partial charge < -0.3 is 14.6 Å². The van der Waals surface area contributed by atoms with Crippen molar-refractivity contribution < 1.29 is 50.6 Å². The molecule has 2 aromatic rings. The van der Waals surface area contributed by atoms with Crippen molar-refractivity contribution in [1.29, 1.82) is 0 Å². The van der Waals surface area contributed by atoms with Gasteiger partial charge in [0.05, 0.1) is 12.5 Å². The molecule has 4 rings (SSSR count). The van der Waals surface area contributed by atoms with E-state index < -0.39 is 24.3 Å². The lowest BCUT2D eigenvalue weighted by Gasteiger charge is -2.48. The highest BCUT2D eigenvalue weighted by atomic mass is 32.1. The van der Waals surface area contributed by atoms with Gasteiger partial charge in [-0.1, -0.05) is 0 Å². The van der Waals surface area contributed by atoms with Gasteiger partial charge in [0, 0.05) is 43.7 Å². The van der Waals surface area contributed by atoms with E-state index in [9.17, 15) is 26.3 Å². The van der Waals surface area contributed by atoms with Crippen molar-refractivity contribution in [3.63, 3.8) is 0 Å². The molecule has 2 saturated heterocycles. The van der Waals surface area contributed by atoms with Crippen LogP contribution in [-0.4, -0.2) is 70.5 Å². The first-order valence-electron chi connectivity index (χ1n) is 9.77. The number of carboxylic acid groups (broad SMARTS) is 2. The molecule has 7 nitrogen and oxygen atoms in total. The van der Waals surface area contributed by atoms with E-state index in [0.717, 1.165) is 13.1 Å². The predicted molar refractivity (Wildman–Crippen MR) is 108 cm³/mol. The molecule has 0 bridgehead atoms. The average molecular weight is 516 g/mol. The third-order valence-electron chi connectivity index (χ3n) is 5.09. The van der Waals surface area contributed by atoms with Gasteiger partial charge in [-0.25, -0.2) is 9.59 Å². The van der Waals surface area contributed by atoms with Gasteiger partial charge in [-0.15, -0.1) is 0 Å². The molecular formula is C20H22F6N2O5S. The molecular weight excluding hydrogens is 494 g/mol. The maximum atomic E-state index is 10.6. The second kappa shape index (κ2) is 11.2. The molecule has 1 spiro atoms. The maximum Gasteiger partial charge on any atom is 0.490 e. The van der Waals surface area contributed by atoms with Gasteiger partial charge in [0.15, 0.2) is 0 Å². The fraction of sp³-hybridized carbons (Fsp3) is 0.500. The molecule has 2 N–H and O–H groups in total. The number of carboxylic acids is 2. The Morgan fingerprint density at radius 3 is 1.91 bits per heavy atom. The molecule has 14 heteroatoms. The first kappa shape index (κ1) is 27.7. The Bertz CT molecular complexity index is 885. The van der Waals surface area contributed by atoms with Crippen molar-refractivity contribution in [2.45, 2.75) is 31.9 Å². The van der Waals surface area contributed by atoms with Crippen molar-refractivity contribution in [2.24, 2.45) is 5.41 Å². The molecule has 34 heavy (non-hydrogen) atoms. The Morgan fingerprint density at radius 1 is 0.941 bits per heavy atom. The average Bonchev–Trinajstić information content (AvgIpc) is 3.44. The maximum absolute atomic E-state index is 10.6. The zero-order chi connectivity index (χ0) is 25.6. The molecule has 0 saturated carbocycles. The third kappa shape index (κ3) is 8.65. The summed E-state index contributed by atoms with van der Waals surface area (Å²) in [4.78, 5) is 23.0. The highest BCUT2D eigenvalue weighted by molar-refractivity contribution is 7.07. The molecule has 190 valence electrons. The Morgan fingerprint density at radius 2 is 1.47 bits per heavy atom. The van der Waals surface area contributed by atoms with Crippen molar-refractivity contribution in [2.75, 3.05) is 26.2 Å². The Kier molecular flexibility index (Phi) is 9.14. The predicted octanol–water partition coefficient (Wildman–Crippen LogP) is 4.32. The number of hydrogen-bond donors (Lipinski definition) is 2. The van der Waals surface area contributed by atoms with E-state index in [4.69, 9.17) is 24.2 Å². The number of alkyl halides is 6. The summed E-state index contributed by atoms with van der Waals surface area (Å²) in [6.45, 7) is 7.20. The monoisotopic (exact) mass is 516 g/mol. The lowest BCUT2D eigenvalue weighted by atomic mass is 9.79. The second-order valence-corrected chi connectivity index (χ2v) is 8.75. The van der Waals surface area contributed by atoms with E-state index in [-0.39, 0.29) is 0 Å². The van der Waals surface area contributed by atoms with Crippen LogP contribution in [0.1, 0.15) is 17.5 Å². The van der Waals surface area contributed by atoms with Crippen LogP contribution >= 0.6 is 11.3 Å². The molecule has 4 heterocycles. The van der Waals surface area contributed by atoms with Crippen molar-refractivity contribution in [3.8, 4) is 0 Å². The van der Waals surface area contributed by atoms with Gasteiger partial charge in [-0.3, -0.25) is 9.80 Å². The number of carbonyl (C=O) groups is 2. The number of aliphatic carboxylic acids is 2. The molecule has 0 aliphatic carbocycles.